The molecule has 3 aromatic rings. The fourth-order valence-electron chi connectivity index (χ4n) is 6.42. The summed E-state index contributed by atoms with van der Waals surface area (Å²) in [4.78, 5) is 6.60. The number of hydrogen-bond donors (Lipinski definition) is 2. The van der Waals surface area contributed by atoms with Crippen LogP contribution in [-0.2, 0) is 11.2 Å². The fourth-order valence-corrected chi connectivity index (χ4v) is 6.42. The standard InChI is InChI=1S/C28H30N2O4/c1-30(20-13-14-20)17-21-24(18-9-5-3-6-10-18)28(19-11-7-4-8-12-19)27(32,26(21)31)25-22(33-2)15-29-16-23(25)34-28/h3-12,15-16,20-21,24,26,31-32H,13-14,17H2,1-2H3/t21-,24-,26-,27+,28+/m1/s1. The number of aliphatic hydroxyl groups excluding tert-OH is 1. The number of fused-ring (bicyclic) bond motifs is 3. The number of aliphatic hydroxyl groups is 2. The Morgan fingerprint density at radius 2 is 1.74 bits per heavy atom. The van der Waals surface area contributed by atoms with Crippen molar-refractivity contribution in [1.82, 2.24) is 9.88 Å². The van der Waals surface area contributed by atoms with Gasteiger partial charge in [0.1, 0.15) is 11.5 Å². The quantitative estimate of drug-likeness (QED) is 0.590. The van der Waals surface area contributed by atoms with Gasteiger partial charge >= 0.3 is 0 Å². The van der Waals surface area contributed by atoms with E-state index in [1.165, 1.54) is 12.8 Å². The van der Waals surface area contributed by atoms with Crippen molar-refractivity contribution < 1.29 is 19.7 Å². The van der Waals surface area contributed by atoms with E-state index in [-0.39, 0.29) is 11.8 Å². The lowest BCUT2D eigenvalue weighted by molar-refractivity contribution is -0.152. The average Bonchev–Trinajstić information content (AvgIpc) is 3.66. The zero-order valence-corrected chi connectivity index (χ0v) is 19.5. The van der Waals surface area contributed by atoms with Crippen LogP contribution in [0.3, 0.4) is 0 Å². The van der Waals surface area contributed by atoms with Gasteiger partial charge in [-0.05, 0) is 31.0 Å². The average molecular weight is 459 g/mol. The molecule has 0 saturated heterocycles. The number of nitrogens with zero attached hydrogens (tertiary/aromatic N) is 2. The molecule has 6 heteroatoms. The smallest absolute Gasteiger partial charge is 0.177 e. The van der Waals surface area contributed by atoms with Crippen LogP contribution in [0.4, 0.5) is 0 Å². The zero-order valence-electron chi connectivity index (χ0n) is 19.5. The van der Waals surface area contributed by atoms with Crippen molar-refractivity contribution in [1.29, 1.82) is 0 Å². The third-order valence-electron chi connectivity index (χ3n) is 8.04. The third-order valence-corrected chi connectivity index (χ3v) is 8.04. The number of aromatic nitrogens is 1. The van der Waals surface area contributed by atoms with Gasteiger partial charge in [0.05, 0.1) is 31.2 Å². The summed E-state index contributed by atoms with van der Waals surface area (Å²) in [7, 11) is 3.66. The second-order valence-electron chi connectivity index (χ2n) is 9.85. The molecule has 2 fully saturated rings. The number of ether oxygens (including phenoxy) is 2. The maximum Gasteiger partial charge on any atom is 0.177 e. The molecule has 0 unspecified atom stereocenters. The molecular weight excluding hydrogens is 428 g/mol. The minimum absolute atomic E-state index is 0.274. The van der Waals surface area contributed by atoms with E-state index in [4.69, 9.17) is 9.47 Å². The Bertz CT molecular complexity index is 1190. The molecule has 2 N–H and O–H groups in total. The van der Waals surface area contributed by atoms with Gasteiger partial charge in [-0.15, -0.1) is 0 Å². The van der Waals surface area contributed by atoms with Crippen LogP contribution in [-0.4, -0.2) is 52.9 Å². The maximum atomic E-state index is 12.7. The molecule has 0 bridgehead atoms. The van der Waals surface area contributed by atoms with Gasteiger partial charge < -0.3 is 24.6 Å². The molecule has 0 amide bonds. The molecule has 0 radical (unpaired) electrons. The normalized spacial score (nSPS) is 31.7. The SMILES string of the molecule is COc1cncc2c1[C@]1(O)[C@H](O)[C@H](CN(C)C3CC3)[C@@H](c3ccccc3)[C@]1(c1ccccc1)O2. The van der Waals surface area contributed by atoms with E-state index in [2.05, 4.69) is 29.1 Å². The van der Waals surface area contributed by atoms with Crippen molar-refractivity contribution >= 4 is 0 Å². The molecule has 2 heterocycles. The highest BCUT2D eigenvalue weighted by atomic mass is 16.5. The summed E-state index contributed by atoms with van der Waals surface area (Å²) in [6.07, 6.45) is 4.44. The number of pyridine rings is 1. The molecule has 2 aromatic carbocycles. The maximum absolute atomic E-state index is 12.7. The van der Waals surface area contributed by atoms with Crippen LogP contribution < -0.4 is 9.47 Å². The molecule has 0 spiro atoms. The summed E-state index contributed by atoms with van der Waals surface area (Å²) in [5.74, 6) is 0.276. The van der Waals surface area contributed by atoms with Gasteiger partial charge in [0.15, 0.2) is 11.2 Å². The van der Waals surface area contributed by atoms with Gasteiger partial charge in [0.25, 0.3) is 0 Å². The van der Waals surface area contributed by atoms with Crippen LogP contribution in [0.2, 0.25) is 0 Å². The van der Waals surface area contributed by atoms with Crippen LogP contribution in [0.5, 0.6) is 11.5 Å². The highest BCUT2D eigenvalue weighted by molar-refractivity contribution is 5.59. The Balaban J connectivity index is 1.63. The first-order chi connectivity index (χ1) is 16.5. The first-order valence-corrected chi connectivity index (χ1v) is 11.9. The van der Waals surface area contributed by atoms with Crippen molar-refractivity contribution in [2.24, 2.45) is 5.92 Å². The Morgan fingerprint density at radius 3 is 2.38 bits per heavy atom. The zero-order chi connectivity index (χ0) is 23.5. The molecule has 3 aliphatic rings. The summed E-state index contributed by atoms with van der Waals surface area (Å²) >= 11 is 0. The van der Waals surface area contributed by atoms with E-state index in [0.717, 1.165) is 11.1 Å². The van der Waals surface area contributed by atoms with E-state index in [1.807, 2.05) is 48.5 Å². The van der Waals surface area contributed by atoms with E-state index in [1.54, 1.807) is 19.5 Å². The van der Waals surface area contributed by atoms with Crippen molar-refractivity contribution in [3.8, 4) is 11.5 Å². The number of rotatable bonds is 6. The Morgan fingerprint density at radius 1 is 1.06 bits per heavy atom. The first-order valence-electron chi connectivity index (χ1n) is 11.9. The molecule has 6 rings (SSSR count). The Kier molecular flexibility index (Phi) is 4.96. The molecule has 1 aromatic heterocycles. The molecule has 5 atom stereocenters. The number of benzene rings is 2. The highest BCUT2D eigenvalue weighted by Crippen LogP contribution is 2.69. The van der Waals surface area contributed by atoms with Gasteiger partial charge in [-0.1, -0.05) is 60.7 Å². The van der Waals surface area contributed by atoms with Crippen LogP contribution in [0.1, 0.15) is 35.4 Å². The lowest BCUT2D eigenvalue weighted by Gasteiger charge is -2.41. The third kappa shape index (κ3) is 2.82. The van der Waals surface area contributed by atoms with E-state index >= 15 is 0 Å². The molecule has 34 heavy (non-hydrogen) atoms. The summed E-state index contributed by atoms with van der Waals surface area (Å²) < 4.78 is 12.4. The summed E-state index contributed by atoms with van der Waals surface area (Å²) in [5.41, 5.74) is -0.662. The largest absolute Gasteiger partial charge is 0.495 e. The Labute approximate surface area is 199 Å². The fraction of sp³-hybridized carbons (Fsp3) is 0.393. The van der Waals surface area contributed by atoms with Crippen LogP contribution in [0.25, 0.3) is 0 Å². The van der Waals surface area contributed by atoms with Gasteiger partial charge in [0, 0.05) is 24.4 Å². The second-order valence-corrected chi connectivity index (χ2v) is 9.85. The minimum atomic E-state index is -1.73. The number of hydrogen-bond acceptors (Lipinski definition) is 6. The predicted octanol–water partition coefficient (Wildman–Crippen LogP) is 3.43. The molecule has 176 valence electrons. The van der Waals surface area contributed by atoms with Gasteiger partial charge in [-0.2, -0.15) is 0 Å². The van der Waals surface area contributed by atoms with Crippen LogP contribution in [0.15, 0.2) is 73.1 Å². The molecular formula is C28H30N2O4. The Hall–Kier alpha value is -2.93. The monoisotopic (exact) mass is 458 g/mol. The minimum Gasteiger partial charge on any atom is -0.495 e. The molecule has 6 nitrogen and oxygen atoms in total. The lowest BCUT2D eigenvalue weighted by Crippen LogP contribution is -2.52. The van der Waals surface area contributed by atoms with E-state index < -0.39 is 17.3 Å². The van der Waals surface area contributed by atoms with Crippen molar-refractivity contribution in [3.63, 3.8) is 0 Å². The molecule has 2 saturated carbocycles. The summed E-state index contributed by atoms with van der Waals surface area (Å²) in [6.45, 7) is 0.647. The number of methoxy groups -OCH3 is 1. The first kappa shape index (κ1) is 21.6. The summed E-state index contributed by atoms with van der Waals surface area (Å²) in [5, 5.41) is 24.8. The molecule has 2 aliphatic carbocycles. The van der Waals surface area contributed by atoms with Gasteiger partial charge in [-0.3, -0.25) is 4.98 Å². The summed E-state index contributed by atoms with van der Waals surface area (Å²) in [6, 6.07) is 20.5. The topological polar surface area (TPSA) is 75.0 Å². The predicted molar refractivity (Wildman–Crippen MR) is 128 cm³/mol. The molecule has 1 aliphatic heterocycles. The van der Waals surface area contributed by atoms with E-state index in [9.17, 15) is 10.2 Å². The van der Waals surface area contributed by atoms with E-state index in [0.29, 0.717) is 29.6 Å². The van der Waals surface area contributed by atoms with Gasteiger partial charge in [-0.25, -0.2) is 0 Å². The van der Waals surface area contributed by atoms with Crippen molar-refractivity contribution in [2.75, 3.05) is 20.7 Å². The highest BCUT2D eigenvalue weighted by Gasteiger charge is 2.76. The van der Waals surface area contributed by atoms with Gasteiger partial charge in [0.2, 0.25) is 0 Å². The van der Waals surface area contributed by atoms with Crippen LogP contribution >= 0.6 is 0 Å². The van der Waals surface area contributed by atoms with Crippen LogP contribution in [0, 0.1) is 5.92 Å². The van der Waals surface area contributed by atoms with Crippen molar-refractivity contribution in [3.05, 3.63) is 89.7 Å². The lowest BCUT2D eigenvalue weighted by atomic mass is 9.70. The van der Waals surface area contributed by atoms with Crippen molar-refractivity contribution in [2.45, 2.75) is 42.1 Å². The second kappa shape index (κ2) is 7.80.